The van der Waals surface area contributed by atoms with E-state index in [4.69, 9.17) is 4.42 Å². The summed E-state index contributed by atoms with van der Waals surface area (Å²) in [6, 6.07) is 7.08. The standard InChI is InChI=1S/C15H20FNO/c1-10(2)17-7-6-11(3)15-9-12-8-13(16)4-5-14(12)18-15/h4-5,8-11,17H,6-7H2,1-3H3. The molecule has 98 valence electrons. The summed E-state index contributed by atoms with van der Waals surface area (Å²) in [7, 11) is 0. The van der Waals surface area contributed by atoms with Gasteiger partial charge in [-0.25, -0.2) is 4.39 Å². The maximum absolute atomic E-state index is 13.1. The molecule has 1 heterocycles. The van der Waals surface area contributed by atoms with Crippen LogP contribution in [0.1, 0.15) is 38.9 Å². The van der Waals surface area contributed by atoms with Crippen molar-refractivity contribution < 1.29 is 8.81 Å². The fraction of sp³-hybridized carbons (Fsp3) is 0.467. The van der Waals surface area contributed by atoms with Crippen LogP contribution in [-0.2, 0) is 0 Å². The van der Waals surface area contributed by atoms with Gasteiger partial charge < -0.3 is 9.73 Å². The topological polar surface area (TPSA) is 25.2 Å². The van der Waals surface area contributed by atoms with Crippen molar-refractivity contribution in [3.05, 3.63) is 35.8 Å². The van der Waals surface area contributed by atoms with E-state index in [1.807, 2.05) is 6.07 Å². The van der Waals surface area contributed by atoms with Gasteiger partial charge in [-0.1, -0.05) is 20.8 Å². The quantitative estimate of drug-likeness (QED) is 0.864. The summed E-state index contributed by atoms with van der Waals surface area (Å²) in [5, 5.41) is 4.23. The molecule has 0 bridgehead atoms. The fourth-order valence-electron chi connectivity index (χ4n) is 2.01. The Morgan fingerprint density at radius 1 is 1.22 bits per heavy atom. The highest BCUT2D eigenvalue weighted by Gasteiger charge is 2.12. The van der Waals surface area contributed by atoms with Crippen LogP contribution in [0.15, 0.2) is 28.7 Å². The molecule has 1 aromatic heterocycles. The van der Waals surface area contributed by atoms with E-state index in [1.165, 1.54) is 12.1 Å². The molecule has 0 amide bonds. The Hall–Kier alpha value is -1.35. The van der Waals surface area contributed by atoms with E-state index < -0.39 is 0 Å². The van der Waals surface area contributed by atoms with Crippen LogP contribution in [0.2, 0.25) is 0 Å². The van der Waals surface area contributed by atoms with Gasteiger partial charge in [0.1, 0.15) is 17.2 Å². The Morgan fingerprint density at radius 2 is 2.00 bits per heavy atom. The fourth-order valence-corrected chi connectivity index (χ4v) is 2.01. The first-order valence-electron chi connectivity index (χ1n) is 6.48. The number of fused-ring (bicyclic) bond motifs is 1. The molecule has 3 heteroatoms. The SMILES string of the molecule is CC(C)NCCC(C)c1cc2cc(F)ccc2o1. The Kier molecular flexibility index (Phi) is 4.02. The molecule has 0 fully saturated rings. The van der Waals surface area contributed by atoms with Crippen molar-refractivity contribution in [2.24, 2.45) is 0 Å². The van der Waals surface area contributed by atoms with Crippen molar-refractivity contribution in [2.75, 3.05) is 6.54 Å². The van der Waals surface area contributed by atoms with Crippen LogP contribution in [0.25, 0.3) is 11.0 Å². The van der Waals surface area contributed by atoms with E-state index in [0.29, 0.717) is 12.0 Å². The molecular formula is C15H20FNO. The Labute approximate surface area is 107 Å². The second-order valence-electron chi connectivity index (χ2n) is 5.13. The monoisotopic (exact) mass is 249 g/mol. The van der Waals surface area contributed by atoms with Crippen molar-refractivity contribution in [3.8, 4) is 0 Å². The molecule has 0 spiro atoms. The minimum Gasteiger partial charge on any atom is -0.461 e. The van der Waals surface area contributed by atoms with Gasteiger partial charge in [-0.2, -0.15) is 0 Å². The Bertz CT molecular complexity index is 518. The van der Waals surface area contributed by atoms with Crippen LogP contribution < -0.4 is 5.32 Å². The van der Waals surface area contributed by atoms with Crippen LogP contribution in [0.3, 0.4) is 0 Å². The summed E-state index contributed by atoms with van der Waals surface area (Å²) in [5.74, 6) is 1.05. The minimum absolute atomic E-state index is 0.219. The van der Waals surface area contributed by atoms with Gasteiger partial charge in [-0.05, 0) is 37.2 Å². The maximum Gasteiger partial charge on any atom is 0.134 e. The molecule has 0 radical (unpaired) electrons. The number of halogens is 1. The Morgan fingerprint density at radius 3 is 2.72 bits per heavy atom. The van der Waals surface area contributed by atoms with Crippen molar-refractivity contribution in [2.45, 2.75) is 39.2 Å². The van der Waals surface area contributed by atoms with Gasteiger partial charge in [0, 0.05) is 17.3 Å². The summed E-state index contributed by atoms with van der Waals surface area (Å²) >= 11 is 0. The van der Waals surface area contributed by atoms with Gasteiger partial charge in [0.05, 0.1) is 0 Å². The van der Waals surface area contributed by atoms with Crippen LogP contribution in [0, 0.1) is 5.82 Å². The third-order valence-corrected chi connectivity index (χ3v) is 3.11. The first-order valence-corrected chi connectivity index (χ1v) is 6.48. The predicted octanol–water partition coefficient (Wildman–Crippen LogP) is 4.06. The molecule has 2 rings (SSSR count). The summed E-state index contributed by atoms with van der Waals surface area (Å²) < 4.78 is 18.8. The van der Waals surface area contributed by atoms with Gasteiger partial charge in [0.2, 0.25) is 0 Å². The third kappa shape index (κ3) is 3.10. The van der Waals surface area contributed by atoms with E-state index in [0.717, 1.165) is 29.7 Å². The van der Waals surface area contributed by atoms with Crippen molar-refractivity contribution >= 4 is 11.0 Å². The summed E-state index contributed by atoms with van der Waals surface area (Å²) in [4.78, 5) is 0. The zero-order chi connectivity index (χ0) is 13.1. The molecule has 0 saturated carbocycles. The molecule has 2 nitrogen and oxygen atoms in total. The molecule has 0 saturated heterocycles. The van der Waals surface area contributed by atoms with Crippen LogP contribution in [-0.4, -0.2) is 12.6 Å². The Balaban J connectivity index is 2.06. The predicted molar refractivity (Wildman–Crippen MR) is 72.3 cm³/mol. The summed E-state index contributed by atoms with van der Waals surface area (Å²) in [6.45, 7) is 7.36. The molecule has 1 atom stereocenters. The van der Waals surface area contributed by atoms with E-state index in [9.17, 15) is 4.39 Å². The van der Waals surface area contributed by atoms with Gasteiger partial charge in [0.15, 0.2) is 0 Å². The molecule has 18 heavy (non-hydrogen) atoms. The van der Waals surface area contributed by atoms with E-state index >= 15 is 0 Å². The van der Waals surface area contributed by atoms with E-state index in [-0.39, 0.29) is 5.82 Å². The zero-order valence-electron chi connectivity index (χ0n) is 11.2. The number of rotatable bonds is 5. The number of benzene rings is 1. The van der Waals surface area contributed by atoms with Gasteiger partial charge in [-0.3, -0.25) is 0 Å². The average molecular weight is 249 g/mol. The molecule has 0 aliphatic carbocycles. The molecule has 2 aromatic rings. The lowest BCUT2D eigenvalue weighted by Crippen LogP contribution is -2.24. The first kappa shape index (κ1) is 13.1. The van der Waals surface area contributed by atoms with Crippen molar-refractivity contribution in [1.82, 2.24) is 5.32 Å². The molecular weight excluding hydrogens is 229 g/mol. The summed E-state index contributed by atoms with van der Waals surface area (Å²) in [6.07, 6.45) is 1.01. The molecule has 1 N–H and O–H groups in total. The smallest absolute Gasteiger partial charge is 0.134 e. The zero-order valence-corrected chi connectivity index (χ0v) is 11.2. The van der Waals surface area contributed by atoms with Gasteiger partial charge in [0.25, 0.3) is 0 Å². The summed E-state index contributed by atoms with van der Waals surface area (Å²) in [5.41, 5.74) is 0.759. The van der Waals surface area contributed by atoms with Crippen LogP contribution in [0.5, 0.6) is 0 Å². The highest BCUT2D eigenvalue weighted by Crippen LogP contribution is 2.27. The number of nitrogens with one attached hydrogen (secondary N) is 1. The van der Waals surface area contributed by atoms with E-state index in [2.05, 4.69) is 26.1 Å². The highest BCUT2D eigenvalue weighted by molar-refractivity contribution is 5.78. The second-order valence-corrected chi connectivity index (χ2v) is 5.13. The van der Waals surface area contributed by atoms with Crippen LogP contribution >= 0.6 is 0 Å². The average Bonchev–Trinajstić information content (AvgIpc) is 2.71. The first-order chi connectivity index (χ1) is 8.56. The highest BCUT2D eigenvalue weighted by atomic mass is 19.1. The minimum atomic E-state index is -0.219. The molecule has 1 unspecified atom stereocenters. The molecule has 1 aromatic carbocycles. The van der Waals surface area contributed by atoms with Crippen LogP contribution in [0.4, 0.5) is 4.39 Å². The van der Waals surface area contributed by atoms with Crippen molar-refractivity contribution in [3.63, 3.8) is 0 Å². The number of hydrogen-bond acceptors (Lipinski definition) is 2. The van der Waals surface area contributed by atoms with Gasteiger partial charge >= 0.3 is 0 Å². The molecule has 0 aliphatic rings. The second kappa shape index (κ2) is 5.53. The lowest BCUT2D eigenvalue weighted by atomic mass is 10.0. The maximum atomic E-state index is 13.1. The lowest BCUT2D eigenvalue weighted by Gasteiger charge is -2.11. The normalized spacial score (nSPS) is 13.4. The number of furan rings is 1. The number of hydrogen-bond donors (Lipinski definition) is 1. The van der Waals surface area contributed by atoms with Crippen molar-refractivity contribution in [1.29, 1.82) is 0 Å². The van der Waals surface area contributed by atoms with Gasteiger partial charge in [-0.15, -0.1) is 0 Å². The third-order valence-electron chi connectivity index (χ3n) is 3.11. The molecule has 0 aliphatic heterocycles. The van der Waals surface area contributed by atoms with E-state index in [1.54, 1.807) is 6.07 Å². The lowest BCUT2D eigenvalue weighted by molar-refractivity contribution is 0.467. The largest absolute Gasteiger partial charge is 0.461 e.